The normalized spacial score (nSPS) is 11.6. The number of aliphatic imine (C=N–C) groups is 1. The summed E-state index contributed by atoms with van der Waals surface area (Å²) in [7, 11) is -1.61. The molecule has 0 fully saturated rings. The van der Waals surface area contributed by atoms with Crippen LogP contribution in [0.25, 0.3) is 0 Å². The summed E-state index contributed by atoms with van der Waals surface area (Å²) in [5, 5.41) is 6.23. The predicted molar refractivity (Wildman–Crippen MR) is 118 cm³/mol. The molecule has 0 unspecified atom stereocenters. The lowest BCUT2D eigenvalue weighted by Crippen LogP contribution is -2.39. The van der Waals surface area contributed by atoms with Crippen LogP contribution in [0.1, 0.15) is 12.0 Å². The second-order valence-corrected chi connectivity index (χ2v) is 7.90. The van der Waals surface area contributed by atoms with Crippen molar-refractivity contribution in [3.05, 3.63) is 66.0 Å². The molecule has 2 N–H and O–H groups in total. The number of benzene rings is 2. The molecule has 2 aromatic rings. The van der Waals surface area contributed by atoms with Gasteiger partial charge in [0.2, 0.25) is 0 Å². The fourth-order valence-corrected chi connectivity index (χ4v) is 3.78. The molecule has 0 aliphatic carbocycles. The van der Waals surface area contributed by atoms with E-state index in [4.69, 9.17) is 0 Å². The highest BCUT2D eigenvalue weighted by Gasteiger charge is 2.13. The number of halogens is 2. The molecular weight excluding hydrogens is 480 g/mol. The fourth-order valence-electron chi connectivity index (χ4n) is 2.45. The van der Waals surface area contributed by atoms with Crippen molar-refractivity contribution in [1.29, 1.82) is 0 Å². The monoisotopic (exact) mass is 505 g/mol. The molecule has 0 heterocycles. The first-order valence-corrected chi connectivity index (χ1v) is 10.1. The third-order valence-electron chi connectivity index (χ3n) is 3.80. The van der Waals surface area contributed by atoms with Crippen LogP contribution in [-0.4, -0.2) is 40.3 Å². The maximum Gasteiger partial charge on any atom is 0.190 e. The average molecular weight is 505 g/mol. The standard InChI is InChI=1S/C19H24FN3O2S.HI/c1-21-19(23-13-11-16-7-5-8-17(20)15-16)22-12-6-14-26(24,25)18-9-3-2-4-10-18;/h2-5,7-10,15H,6,11-14H2,1H3,(H2,21,22,23);1H. The molecule has 0 aliphatic rings. The van der Waals surface area contributed by atoms with Gasteiger partial charge in [0, 0.05) is 20.1 Å². The van der Waals surface area contributed by atoms with Crippen LogP contribution in [0.5, 0.6) is 0 Å². The second-order valence-electron chi connectivity index (χ2n) is 5.79. The first-order valence-electron chi connectivity index (χ1n) is 8.48. The quantitative estimate of drug-likeness (QED) is 0.251. The molecule has 0 radical (unpaired) electrons. The summed E-state index contributed by atoms with van der Waals surface area (Å²) in [5.74, 6) is 0.424. The molecule has 0 aliphatic heterocycles. The number of nitrogens with one attached hydrogen (secondary N) is 2. The van der Waals surface area contributed by atoms with Gasteiger partial charge < -0.3 is 10.6 Å². The van der Waals surface area contributed by atoms with E-state index >= 15 is 0 Å². The third-order valence-corrected chi connectivity index (χ3v) is 5.62. The zero-order valence-electron chi connectivity index (χ0n) is 15.2. The van der Waals surface area contributed by atoms with E-state index in [2.05, 4.69) is 15.6 Å². The summed E-state index contributed by atoms with van der Waals surface area (Å²) in [6.45, 7) is 1.09. The van der Waals surface area contributed by atoms with Crippen molar-refractivity contribution in [3.8, 4) is 0 Å². The van der Waals surface area contributed by atoms with Gasteiger partial charge in [0.1, 0.15) is 5.82 Å². The van der Waals surface area contributed by atoms with Crippen LogP contribution in [0.2, 0.25) is 0 Å². The molecule has 27 heavy (non-hydrogen) atoms. The number of rotatable bonds is 8. The Morgan fingerprint density at radius 1 is 1.04 bits per heavy atom. The molecule has 2 rings (SSSR count). The Morgan fingerprint density at radius 3 is 2.41 bits per heavy atom. The molecule has 2 aromatic carbocycles. The summed E-state index contributed by atoms with van der Waals surface area (Å²) in [4.78, 5) is 4.44. The molecule has 8 heteroatoms. The molecule has 0 aromatic heterocycles. The molecule has 0 atom stereocenters. The molecule has 0 saturated heterocycles. The molecule has 148 valence electrons. The fraction of sp³-hybridized carbons (Fsp3) is 0.316. The summed E-state index contributed by atoms with van der Waals surface area (Å²) in [6.07, 6.45) is 1.14. The van der Waals surface area contributed by atoms with E-state index in [1.54, 1.807) is 43.4 Å². The van der Waals surface area contributed by atoms with Crippen LogP contribution in [-0.2, 0) is 16.3 Å². The van der Waals surface area contributed by atoms with E-state index in [0.29, 0.717) is 36.8 Å². The van der Waals surface area contributed by atoms with Crippen molar-refractivity contribution >= 4 is 39.8 Å². The van der Waals surface area contributed by atoms with Gasteiger partial charge >= 0.3 is 0 Å². The highest BCUT2D eigenvalue weighted by atomic mass is 127. The minimum atomic E-state index is -3.26. The Kier molecular flexibility index (Phi) is 10.3. The number of guanidine groups is 1. The number of hydrogen-bond acceptors (Lipinski definition) is 3. The minimum Gasteiger partial charge on any atom is -0.356 e. The lowest BCUT2D eigenvalue weighted by molar-refractivity contribution is 0.592. The molecular formula is C19H25FIN3O2S. The molecule has 0 amide bonds. The first-order chi connectivity index (χ1) is 12.5. The van der Waals surface area contributed by atoms with E-state index in [0.717, 1.165) is 5.56 Å². The topological polar surface area (TPSA) is 70.6 Å². The molecule has 5 nitrogen and oxygen atoms in total. The summed E-state index contributed by atoms with van der Waals surface area (Å²) >= 11 is 0. The average Bonchev–Trinajstić information content (AvgIpc) is 2.64. The summed E-state index contributed by atoms with van der Waals surface area (Å²) in [6, 6.07) is 14.9. The van der Waals surface area contributed by atoms with E-state index in [-0.39, 0.29) is 35.5 Å². The van der Waals surface area contributed by atoms with E-state index < -0.39 is 9.84 Å². The maximum atomic E-state index is 13.1. The Balaban J connectivity index is 0.00000364. The lowest BCUT2D eigenvalue weighted by atomic mass is 10.1. The van der Waals surface area contributed by atoms with Crippen molar-refractivity contribution in [2.24, 2.45) is 4.99 Å². The largest absolute Gasteiger partial charge is 0.356 e. The molecule has 0 saturated carbocycles. The van der Waals surface area contributed by atoms with Crippen LogP contribution in [0.15, 0.2) is 64.5 Å². The third kappa shape index (κ3) is 8.25. The Labute approximate surface area is 177 Å². The van der Waals surface area contributed by atoms with Gasteiger partial charge in [0.05, 0.1) is 10.6 Å². The highest BCUT2D eigenvalue weighted by Crippen LogP contribution is 2.10. The van der Waals surface area contributed by atoms with Crippen LogP contribution < -0.4 is 10.6 Å². The van der Waals surface area contributed by atoms with Gasteiger partial charge in [-0.25, -0.2) is 12.8 Å². The van der Waals surface area contributed by atoms with E-state index in [9.17, 15) is 12.8 Å². The van der Waals surface area contributed by atoms with Crippen molar-refractivity contribution < 1.29 is 12.8 Å². The number of hydrogen-bond donors (Lipinski definition) is 2. The number of nitrogens with zero attached hydrogens (tertiary/aromatic N) is 1. The van der Waals surface area contributed by atoms with Gasteiger partial charge in [-0.3, -0.25) is 4.99 Å². The van der Waals surface area contributed by atoms with Crippen molar-refractivity contribution in [2.75, 3.05) is 25.9 Å². The number of sulfone groups is 1. The predicted octanol–water partition coefficient (Wildman–Crippen LogP) is 3.02. The van der Waals surface area contributed by atoms with Crippen LogP contribution in [0, 0.1) is 5.82 Å². The second kappa shape index (κ2) is 11.9. The van der Waals surface area contributed by atoms with Gasteiger partial charge in [0.15, 0.2) is 15.8 Å². The van der Waals surface area contributed by atoms with Gasteiger partial charge in [0.25, 0.3) is 0 Å². The summed E-state index contributed by atoms with van der Waals surface area (Å²) < 4.78 is 37.5. The Morgan fingerprint density at radius 2 is 1.74 bits per heavy atom. The van der Waals surface area contributed by atoms with Crippen molar-refractivity contribution in [1.82, 2.24) is 10.6 Å². The smallest absolute Gasteiger partial charge is 0.190 e. The van der Waals surface area contributed by atoms with Gasteiger partial charge in [-0.2, -0.15) is 0 Å². The SMILES string of the molecule is CN=C(NCCCS(=O)(=O)c1ccccc1)NCCc1cccc(F)c1.I. The van der Waals surface area contributed by atoms with E-state index in [1.807, 2.05) is 6.07 Å². The summed E-state index contributed by atoms with van der Waals surface area (Å²) in [5.41, 5.74) is 0.905. The molecule has 0 bridgehead atoms. The van der Waals surface area contributed by atoms with E-state index in [1.165, 1.54) is 12.1 Å². The van der Waals surface area contributed by atoms with Crippen LogP contribution in [0.3, 0.4) is 0 Å². The van der Waals surface area contributed by atoms with Gasteiger partial charge in [-0.05, 0) is 42.7 Å². The lowest BCUT2D eigenvalue weighted by Gasteiger charge is -2.12. The first kappa shape index (κ1) is 23.4. The molecule has 0 spiro atoms. The Bertz CT molecular complexity index is 830. The zero-order valence-corrected chi connectivity index (χ0v) is 18.3. The van der Waals surface area contributed by atoms with Crippen LogP contribution in [0.4, 0.5) is 4.39 Å². The van der Waals surface area contributed by atoms with Gasteiger partial charge in [-0.1, -0.05) is 30.3 Å². The minimum absolute atomic E-state index is 0. The Hall–Kier alpha value is -1.68. The highest BCUT2D eigenvalue weighted by molar-refractivity contribution is 14.0. The van der Waals surface area contributed by atoms with Gasteiger partial charge in [-0.15, -0.1) is 24.0 Å². The van der Waals surface area contributed by atoms with Crippen LogP contribution >= 0.6 is 24.0 Å². The zero-order chi connectivity index (χ0) is 18.8. The van der Waals surface area contributed by atoms with Crippen molar-refractivity contribution in [3.63, 3.8) is 0 Å². The van der Waals surface area contributed by atoms with Crippen molar-refractivity contribution in [2.45, 2.75) is 17.7 Å². The maximum absolute atomic E-state index is 13.1.